The van der Waals surface area contributed by atoms with E-state index in [0.29, 0.717) is 38.9 Å². The summed E-state index contributed by atoms with van der Waals surface area (Å²) >= 11 is 9.51. The van der Waals surface area contributed by atoms with Crippen LogP contribution < -0.4 is 25.0 Å². The summed E-state index contributed by atoms with van der Waals surface area (Å²) in [6.07, 6.45) is 1.37. The number of imide groups is 2. The van der Waals surface area contributed by atoms with Crippen LogP contribution in [0.3, 0.4) is 0 Å². The van der Waals surface area contributed by atoms with Gasteiger partial charge in [0.25, 0.3) is 17.7 Å². The molecule has 5 rings (SSSR count). The minimum absolute atomic E-state index is 0.231. The first kappa shape index (κ1) is 30.5. The molecule has 1 fully saturated rings. The van der Waals surface area contributed by atoms with Crippen molar-refractivity contribution in [1.82, 2.24) is 5.32 Å². The Hall–Kier alpha value is -4.93. The molecule has 0 unspecified atom stereocenters. The van der Waals surface area contributed by atoms with E-state index in [1.165, 1.54) is 6.08 Å². The monoisotopic (exact) mass is 673 g/mol. The summed E-state index contributed by atoms with van der Waals surface area (Å²) in [6.45, 7) is 1.96. The summed E-state index contributed by atoms with van der Waals surface area (Å²) in [6, 6.07) is 25.2. The number of rotatable bonds is 9. The van der Waals surface area contributed by atoms with Gasteiger partial charge in [0.1, 0.15) is 23.7 Å². The molecule has 4 aromatic rings. The van der Waals surface area contributed by atoms with Crippen LogP contribution in [0, 0.1) is 6.92 Å². The van der Waals surface area contributed by atoms with E-state index in [4.69, 9.17) is 21.1 Å². The van der Waals surface area contributed by atoms with Crippen LogP contribution in [0.25, 0.3) is 6.08 Å². The fourth-order valence-electron chi connectivity index (χ4n) is 4.23. The Bertz CT molecular complexity index is 1780. The van der Waals surface area contributed by atoms with Gasteiger partial charge < -0.3 is 14.8 Å². The van der Waals surface area contributed by atoms with E-state index in [1.807, 2.05) is 37.3 Å². The Morgan fingerprint density at radius 3 is 2.41 bits per heavy atom. The highest BCUT2D eigenvalue weighted by Crippen LogP contribution is 2.29. The number of carbonyl (C=O) groups is 4. The predicted octanol–water partition coefficient (Wildman–Crippen LogP) is 6.67. The zero-order valence-electron chi connectivity index (χ0n) is 23.3. The minimum atomic E-state index is -0.855. The molecule has 11 heteroatoms. The molecular formula is C33H25BrClN3O6. The lowest BCUT2D eigenvalue weighted by Gasteiger charge is -2.26. The number of carbonyl (C=O) groups excluding carboxylic acids is 4. The van der Waals surface area contributed by atoms with Gasteiger partial charge in [-0.25, -0.2) is 9.69 Å². The van der Waals surface area contributed by atoms with Gasteiger partial charge in [-0.15, -0.1) is 0 Å². The van der Waals surface area contributed by atoms with Gasteiger partial charge in [0, 0.05) is 10.7 Å². The number of benzene rings is 4. The lowest BCUT2D eigenvalue weighted by Crippen LogP contribution is -2.54. The average Bonchev–Trinajstić information content (AvgIpc) is 3.00. The fraction of sp³-hybridized carbons (Fsp3) is 0.0909. The van der Waals surface area contributed by atoms with Crippen LogP contribution in [0.4, 0.5) is 16.2 Å². The van der Waals surface area contributed by atoms with Crippen LogP contribution in [0.15, 0.2) is 101 Å². The zero-order chi connectivity index (χ0) is 31.2. The number of amides is 5. The van der Waals surface area contributed by atoms with Crippen molar-refractivity contribution in [2.75, 3.05) is 16.8 Å². The highest BCUT2D eigenvalue weighted by Gasteiger charge is 2.36. The van der Waals surface area contributed by atoms with Gasteiger partial charge in [-0.05, 0) is 94.2 Å². The van der Waals surface area contributed by atoms with Gasteiger partial charge in [0.05, 0.1) is 10.2 Å². The maximum Gasteiger partial charge on any atom is 0.335 e. The van der Waals surface area contributed by atoms with Gasteiger partial charge in [-0.2, -0.15) is 0 Å². The lowest BCUT2D eigenvalue weighted by atomic mass is 10.1. The number of aryl methyl sites for hydroxylation is 1. The third-order valence-corrected chi connectivity index (χ3v) is 7.55. The van der Waals surface area contributed by atoms with Crippen LogP contribution >= 0.6 is 27.5 Å². The molecule has 0 saturated carbocycles. The maximum absolute atomic E-state index is 13.3. The molecule has 0 aliphatic carbocycles. The van der Waals surface area contributed by atoms with E-state index in [-0.39, 0.29) is 23.8 Å². The molecule has 0 bridgehead atoms. The number of ether oxygens (including phenoxy) is 2. The van der Waals surface area contributed by atoms with Crippen LogP contribution in [0.2, 0.25) is 5.02 Å². The molecule has 0 atom stereocenters. The molecule has 0 aromatic heterocycles. The summed E-state index contributed by atoms with van der Waals surface area (Å²) in [4.78, 5) is 51.8. The molecule has 1 aliphatic heterocycles. The first-order valence-electron chi connectivity index (χ1n) is 13.3. The first-order valence-corrected chi connectivity index (χ1v) is 14.5. The van der Waals surface area contributed by atoms with Crippen molar-refractivity contribution >= 4 is 68.7 Å². The van der Waals surface area contributed by atoms with Crippen molar-refractivity contribution in [3.63, 3.8) is 0 Å². The number of nitrogens with one attached hydrogen (secondary N) is 2. The summed E-state index contributed by atoms with van der Waals surface area (Å²) < 4.78 is 11.9. The van der Waals surface area contributed by atoms with Crippen molar-refractivity contribution in [3.05, 3.63) is 123 Å². The molecule has 9 nitrogen and oxygen atoms in total. The van der Waals surface area contributed by atoms with Crippen LogP contribution in [-0.4, -0.2) is 30.4 Å². The van der Waals surface area contributed by atoms with Gasteiger partial charge in [-0.1, -0.05) is 54.1 Å². The Labute approximate surface area is 266 Å². The van der Waals surface area contributed by atoms with Crippen LogP contribution in [-0.2, 0) is 21.0 Å². The molecule has 222 valence electrons. The molecule has 1 heterocycles. The molecule has 1 saturated heterocycles. The number of anilines is 2. The van der Waals surface area contributed by atoms with Crippen molar-refractivity contribution in [2.24, 2.45) is 0 Å². The molecule has 1 aliphatic rings. The molecular weight excluding hydrogens is 650 g/mol. The van der Waals surface area contributed by atoms with E-state index < -0.39 is 17.8 Å². The average molecular weight is 675 g/mol. The highest BCUT2D eigenvalue weighted by molar-refractivity contribution is 9.10. The van der Waals surface area contributed by atoms with E-state index >= 15 is 0 Å². The second-order valence-electron chi connectivity index (χ2n) is 9.72. The van der Waals surface area contributed by atoms with Crippen molar-refractivity contribution in [3.8, 4) is 11.5 Å². The van der Waals surface area contributed by atoms with Gasteiger partial charge >= 0.3 is 6.03 Å². The van der Waals surface area contributed by atoms with E-state index in [1.54, 1.807) is 60.7 Å². The third-order valence-electron chi connectivity index (χ3n) is 6.53. The third kappa shape index (κ3) is 7.34. The summed E-state index contributed by atoms with van der Waals surface area (Å²) in [7, 11) is 0. The van der Waals surface area contributed by atoms with Gasteiger partial charge in [-0.3, -0.25) is 19.7 Å². The standard InChI is InChI=1S/C33H25BrClN3O6/c1-20-7-9-23(17-28(20)35)36-30(39)19-44-29-14-8-22(16-27(29)34)15-26-31(40)37-33(42)38(32(26)41)24-10-12-25(13-11-24)43-18-21-5-3-2-4-6-21/h2-17H,18-19H2,1H3,(H,36,39)(H,37,40,42)/b26-15-. The molecule has 5 amide bonds. The molecule has 0 radical (unpaired) electrons. The SMILES string of the molecule is Cc1ccc(NC(=O)COc2ccc(/C=C3/C(=O)NC(=O)N(c4ccc(OCc5ccccc5)cc4)C3=O)cc2Br)cc1Cl. The molecule has 44 heavy (non-hydrogen) atoms. The second-order valence-corrected chi connectivity index (χ2v) is 11.0. The van der Waals surface area contributed by atoms with E-state index in [2.05, 4.69) is 26.6 Å². The minimum Gasteiger partial charge on any atom is -0.489 e. The van der Waals surface area contributed by atoms with Gasteiger partial charge in [0.2, 0.25) is 0 Å². The number of hydrogen-bond donors (Lipinski definition) is 2. The zero-order valence-corrected chi connectivity index (χ0v) is 25.6. The lowest BCUT2D eigenvalue weighted by molar-refractivity contribution is -0.122. The number of hydrogen-bond acceptors (Lipinski definition) is 6. The van der Waals surface area contributed by atoms with Crippen molar-refractivity contribution in [2.45, 2.75) is 13.5 Å². The smallest absolute Gasteiger partial charge is 0.335 e. The number of nitrogens with zero attached hydrogens (tertiary/aromatic N) is 1. The Morgan fingerprint density at radius 2 is 1.70 bits per heavy atom. The Balaban J connectivity index is 1.24. The number of halogens is 2. The molecule has 4 aromatic carbocycles. The highest BCUT2D eigenvalue weighted by atomic mass is 79.9. The molecule has 2 N–H and O–H groups in total. The Morgan fingerprint density at radius 1 is 0.955 bits per heavy atom. The quantitative estimate of drug-likeness (QED) is 0.151. The van der Waals surface area contributed by atoms with E-state index in [9.17, 15) is 19.2 Å². The van der Waals surface area contributed by atoms with Crippen LogP contribution in [0.1, 0.15) is 16.7 Å². The van der Waals surface area contributed by atoms with Gasteiger partial charge in [0.15, 0.2) is 6.61 Å². The number of urea groups is 1. The topological polar surface area (TPSA) is 114 Å². The second kappa shape index (κ2) is 13.6. The van der Waals surface area contributed by atoms with Crippen molar-refractivity contribution in [1.29, 1.82) is 0 Å². The van der Waals surface area contributed by atoms with E-state index in [0.717, 1.165) is 16.0 Å². The maximum atomic E-state index is 13.3. The summed E-state index contributed by atoms with van der Waals surface area (Å²) in [5.74, 6) is -1.05. The fourth-order valence-corrected chi connectivity index (χ4v) is 4.92. The van der Waals surface area contributed by atoms with Crippen molar-refractivity contribution < 1.29 is 28.7 Å². The number of barbiturate groups is 1. The largest absolute Gasteiger partial charge is 0.489 e. The first-order chi connectivity index (χ1) is 21.2. The van der Waals surface area contributed by atoms with Crippen LogP contribution in [0.5, 0.6) is 11.5 Å². The normalized spacial score (nSPS) is 13.9. The summed E-state index contributed by atoms with van der Waals surface area (Å²) in [5, 5.41) is 5.47. The predicted molar refractivity (Wildman–Crippen MR) is 171 cm³/mol. The Kier molecular flexibility index (Phi) is 9.42. The molecule has 0 spiro atoms. The summed E-state index contributed by atoms with van der Waals surface area (Å²) in [5.41, 5.74) is 2.97.